The van der Waals surface area contributed by atoms with Crippen LogP contribution in [0.5, 0.6) is 0 Å². The molecular formula is C15H23NO4. The van der Waals surface area contributed by atoms with Crippen molar-refractivity contribution in [2.75, 3.05) is 14.2 Å². The molecule has 0 spiro atoms. The molecule has 5 nitrogen and oxygen atoms in total. The lowest BCUT2D eigenvalue weighted by molar-refractivity contribution is -0.145. The van der Waals surface area contributed by atoms with Gasteiger partial charge in [0.1, 0.15) is 5.76 Å². The Kier molecular flexibility index (Phi) is 4.20. The third kappa shape index (κ3) is 2.47. The van der Waals surface area contributed by atoms with Gasteiger partial charge in [0, 0.05) is 18.6 Å². The van der Waals surface area contributed by atoms with Gasteiger partial charge in [-0.1, -0.05) is 20.8 Å². The minimum Gasteiger partial charge on any atom is -0.463 e. The Labute approximate surface area is 119 Å². The summed E-state index contributed by atoms with van der Waals surface area (Å²) in [6.07, 6.45) is 0.266. The van der Waals surface area contributed by atoms with E-state index in [0.717, 1.165) is 5.76 Å². The summed E-state index contributed by atoms with van der Waals surface area (Å²) >= 11 is 0. The highest BCUT2D eigenvalue weighted by molar-refractivity contribution is 5.86. The van der Waals surface area contributed by atoms with Crippen molar-refractivity contribution in [3.63, 3.8) is 0 Å². The molecule has 1 aromatic rings. The van der Waals surface area contributed by atoms with Gasteiger partial charge in [0.2, 0.25) is 5.76 Å². The zero-order chi connectivity index (χ0) is 14.9. The van der Waals surface area contributed by atoms with Crippen LogP contribution in [-0.4, -0.2) is 32.3 Å². The molecule has 0 unspecified atom stereocenters. The second-order valence-corrected chi connectivity index (χ2v) is 5.95. The third-order valence-electron chi connectivity index (χ3n) is 4.34. The lowest BCUT2D eigenvalue weighted by atomic mass is 9.58. The Balaban J connectivity index is 1.93. The van der Waals surface area contributed by atoms with E-state index in [1.165, 1.54) is 7.11 Å². The van der Waals surface area contributed by atoms with Gasteiger partial charge in [0.05, 0.1) is 19.8 Å². The fourth-order valence-electron chi connectivity index (χ4n) is 3.45. The summed E-state index contributed by atoms with van der Waals surface area (Å²) in [5.41, 5.74) is 0.0892. The molecule has 2 rings (SSSR count). The Morgan fingerprint density at radius 1 is 1.40 bits per heavy atom. The summed E-state index contributed by atoms with van der Waals surface area (Å²) in [5.74, 6) is 0.965. The van der Waals surface area contributed by atoms with E-state index < -0.39 is 5.97 Å². The van der Waals surface area contributed by atoms with Crippen LogP contribution < -0.4 is 5.32 Å². The van der Waals surface area contributed by atoms with Gasteiger partial charge in [0.25, 0.3) is 0 Å². The normalized spacial score (nSPS) is 27.9. The van der Waals surface area contributed by atoms with Gasteiger partial charge in [-0.25, -0.2) is 4.79 Å². The van der Waals surface area contributed by atoms with Crippen molar-refractivity contribution in [3.8, 4) is 0 Å². The van der Waals surface area contributed by atoms with Crippen LogP contribution in [0.25, 0.3) is 0 Å². The smallest absolute Gasteiger partial charge is 0.373 e. The number of carbonyl (C=O) groups is 1. The molecule has 5 heteroatoms. The van der Waals surface area contributed by atoms with Crippen LogP contribution in [0.1, 0.15) is 37.1 Å². The quantitative estimate of drug-likeness (QED) is 0.839. The van der Waals surface area contributed by atoms with Crippen molar-refractivity contribution in [2.24, 2.45) is 11.3 Å². The topological polar surface area (TPSA) is 60.7 Å². The van der Waals surface area contributed by atoms with Crippen LogP contribution in [0.4, 0.5) is 0 Å². The van der Waals surface area contributed by atoms with E-state index in [4.69, 9.17) is 9.15 Å². The van der Waals surface area contributed by atoms with Crippen LogP contribution in [0, 0.1) is 11.3 Å². The first-order valence-electron chi connectivity index (χ1n) is 6.85. The summed E-state index contributed by atoms with van der Waals surface area (Å²) in [6, 6.07) is 3.79. The second kappa shape index (κ2) is 5.58. The van der Waals surface area contributed by atoms with E-state index in [-0.39, 0.29) is 17.3 Å². The summed E-state index contributed by atoms with van der Waals surface area (Å²) < 4.78 is 15.6. The van der Waals surface area contributed by atoms with Crippen LogP contribution in [-0.2, 0) is 16.0 Å². The van der Waals surface area contributed by atoms with Gasteiger partial charge in [-0.3, -0.25) is 0 Å². The lowest BCUT2D eigenvalue weighted by Crippen LogP contribution is -2.66. The van der Waals surface area contributed by atoms with E-state index in [1.54, 1.807) is 19.2 Å². The number of hydrogen-bond donors (Lipinski definition) is 1. The van der Waals surface area contributed by atoms with E-state index in [9.17, 15) is 4.79 Å². The predicted molar refractivity (Wildman–Crippen MR) is 74.4 cm³/mol. The molecule has 1 aliphatic rings. The number of esters is 1. The molecule has 0 bridgehead atoms. The highest BCUT2D eigenvalue weighted by atomic mass is 16.5. The molecule has 1 aliphatic carbocycles. The number of ether oxygens (including phenoxy) is 2. The summed E-state index contributed by atoms with van der Waals surface area (Å²) in [4.78, 5) is 11.3. The Hall–Kier alpha value is -1.33. The molecule has 20 heavy (non-hydrogen) atoms. The predicted octanol–water partition coefficient (Wildman–Crippen LogP) is 2.22. The van der Waals surface area contributed by atoms with Gasteiger partial charge >= 0.3 is 5.97 Å². The van der Waals surface area contributed by atoms with Crippen molar-refractivity contribution >= 4 is 5.97 Å². The standard InChI is InChI=1S/C15H23NO4/c1-9-12(15(2,3)13(9)18-4)16-8-10-6-7-11(20-10)14(17)19-5/h6-7,9,12-13,16H,8H2,1-5H3/t9-,12-,13+/m1/s1. The first-order valence-corrected chi connectivity index (χ1v) is 6.85. The molecule has 1 aromatic heterocycles. The fraction of sp³-hybridized carbons (Fsp3) is 0.667. The Morgan fingerprint density at radius 3 is 2.65 bits per heavy atom. The van der Waals surface area contributed by atoms with E-state index in [2.05, 4.69) is 30.8 Å². The van der Waals surface area contributed by atoms with Crippen LogP contribution in [0.15, 0.2) is 16.5 Å². The van der Waals surface area contributed by atoms with Crippen molar-refractivity contribution in [1.29, 1.82) is 0 Å². The van der Waals surface area contributed by atoms with Gasteiger partial charge in [-0.2, -0.15) is 0 Å². The molecule has 3 atom stereocenters. The SMILES string of the molecule is COC(=O)c1ccc(CN[C@@H]2[C@@H](C)[C@H](OC)C2(C)C)o1. The first kappa shape index (κ1) is 15.1. The molecule has 0 radical (unpaired) electrons. The monoisotopic (exact) mass is 281 g/mol. The number of hydrogen-bond acceptors (Lipinski definition) is 5. The molecule has 0 amide bonds. The average molecular weight is 281 g/mol. The molecule has 0 saturated heterocycles. The maximum Gasteiger partial charge on any atom is 0.373 e. The van der Waals surface area contributed by atoms with E-state index in [0.29, 0.717) is 18.5 Å². The maximum absolute atomic E-state index is 11.3. The highest BCUT2D eigenvalue weighted by Gasteiger charge is 2.54. The van der Waals surface area contributed by atoms with Crippen LogP contribution in [0.3, 0.4) is 0 Å². The zero-order valence-electron chi connectivity index (χ0n) is 12.7. The molecule has 0 aliphatic heterocycles. The molecular weight excluding hydrogens is 258 g/mol. The number of carbonyl (C=O) groups excluding carboxylic acids is 1. The molecule has 1 heterocycles. The highest BCUT2D eigenvalue weighted by Crippen LogP contribution is 2.46. The minimum absolute atomic E-state index is 0.0892. The number of rotatable bonds is 5. The summed E-state index contributed by atoms with van der Waals surface area (Å²) in [7, 11) is 3.10. The van der Waals surface area contributed by atoms with Gasteiger partial charge in [-0.05, 0) is 18.1 Å². The van der Waals surface area contributed by atoms with Crippen molar-refractivity contribution < 1.29 is 18.7 Å². The van der Waals surface area contributed by atoms with Crippen LogP contribution in [0.2, 0.25) is 0 Å². The van der Waals surface area contributed by atoms with Crippen molar-refractivity contribution in [2.45, 2.75) is 39.5 Å². The zero-order valence-corrected chi connectivity index (χ0v) is 12.7. The average Bonchev–Trinajstić information content (AvgIpc) is 2.86. The summed E-state index contributed by atoms with van der Waals surface area (Å²) in [6.45, 7) is 7.16. The van der Waals surface area contributed by atoms with Gasteiger partial charge in [0.15, 0.2) is 0 Å². The molecule has 1 saturated carbocycles. The van der Waals surface area contributed by atoms with Crippen LogP contribution >= 0.6 is 0 Å². The second-order valence-electron chi connectivity index (χ2n) is 5.95. The third-order valence-corrected chi connectivity index (χ3v) is 4.34. The lowest BCUT2D eigenvalue weighted by Gasteiger charge is -2.56. The Bertz CT molecular complexity index is 480. The molecule has 1 fully saturated rings. The van der Waals surface area contributed by atoms with E-state index >= 15 is 0 Å². The number of furan rings is 1. The number of methoxy groups -OCH3 is 2. The fourth-order valence-corrected chi connectivity index (χ4v) is 3.45. The molecule has 112 valence electrons. The van der Waals surface area contributed by atoms with E-state index in [1.807, 2.05) is 0 Å². The van der Waals surface area contributed by atoms with Crippen molar-refractivity contribution in [1.82, 2.24) is 5.32 Å². The summed E-state index contributed by atoms with van der Waals surface area (Å²) in [5, 5.41) is 3.48. The van der Waals surface area contributed by atoms with Gasteiger partial charge in [-0.15, -0.1) is 0 Å². The number of nitrogens with one attached hydrogen (secondary N) is 1. The largest absolute Gasteiger partial charge is 0.463 e. The molecule has 1 N–H and O–H groups in total. The molecule has 0 aromatic carbocycles. The maximum atomic E-state index is 11.3. The minimum atomic E-state index is -0.451. The van der Waals surface area contributed by atoms with Crippen molar-refractivity contribution in [3.05, 3.63) is 23.7 Å². The Morgan fingerprint density at radius 2 is 2.10 bits per heavy atom. The van der Waals surface area contributed by atoms with Gasteiger partial charge < -0.3 is 19.2 Å². The first-order chi connectivity index (χ1) is 9.41.